The van der Waals surface area contributed by atoms with E-state index in [-0.39, 0.29) is 42.0 Å². The van der Waals surface area contributed by atoms with Gasteiger partial charge in [0.15, 0.2) is 0 Å². The number of rotatable bonds is 0. The summed E-state index contributed by atoms with van der Waals surface area (Å²) in [6, 6.07) is 0. The molecule has 0 aliphatic rings. The van der Waals surface area contributed by atoms with Crippen LogP contribution in [-0.4, -0.2) is 45.4 Å². The van der Waals surface area contributed by atoms with Crippen LogP contribution in [0.2, 0.25) is 0 Å². The molecule has 0 atom stereocenters. The van der Waals surface area contributed by atoms with Gasteiger partial charge in [0, 0.05) is 0 Å². The molecule has 0 unspecified atom stereocenters. The Morgan fingerprint density at radius 1 is 1.75 bits per heavy atom. The van der Waals surface area contributed by atoms with Crippen molar-refractivity contribution in [2.24, 2.45) is 0 Å². The predicted molar refractivity (Wildman–Crippen MR) is 13.6 cm³/mol. The van der Waals surface area contributed by atoms with Gasteiger partial charge in [-0.25, -0.2) is 0 Å². The number of hydrogen-bond acceptors (Lipinski definition) is 1. The zero-order chi connectivity index (χ0) is 2.71. The fraction of sp³-hybridized carbons (Fsp3) is 0. The Morgan fingerprint density at radius 2 is 1.75 bits per heavy atom. The Balaban J connectivity index is 0. The van der Waals surface area contributed by atoms with E-state index in [1.54, 1.807) is 0 Å². The van der Waals surface area contributed by atoms with Crippen molar-refractivity contribution in [1.29, 1.82) is 0 Å². The summed E-state index contributed by atoms with van der Waals surface area (Å²) in [4.78, 5) is 0. The molecule has 0 saturated heterocycles. The predicted octanol–water partition coefficient (Wildman–Crippen LogP) is -1.15. The van der Waals surface area contributed by atoms with Gasteiger partial charge in [-0.1, -0.05) is 0 Å². The van der Waals surface area contributed by atoms with E-state index >= 15 is 0 Å². The Labute approximate surface area is 60.9 Å². The van der Waals surface area contributed by atoms with Crippen molar-refractivity contribution < 1.29 is 16.3 Å². The van der Waals surface area contributed by atoms with E-state index in [9.17, 15) is 0 Å². The summed E-state index contributed by atoms with van der Waals surface area (Å²) in [5, 5.41) is 0. The zero-order valence-corrected chi connectivity index (χ0v) is 2.78. The van der Waals surface area contributed by atoms with Gasteiger partial charge in [-0.3, -0.25) is 0 Å². The van der Waals surface area contributed by atoms with Gasteiger partial charge in [0.05, 0.1) is 0 Å². The summed E-state index contributed by atoms with van der Waals surface area (Å²) in [5.41, 5.74) is 0. The van der Waals surface area contributed by atoms with E-state index < -0.39 is 0 Å². The summed E-state index contributed by atoms with van der Waals surface area (Å²) in [6.07, 6.45) is 0. The maximum absolute atomic E-state index is 8.90. The first-order valence-corrected chi connectivity index (χ1v) is 1.94. The van der Waals surface area contributed by atoms with Crippen LogP contribution in [0, 0.1) is 0 Å². The van der Waals surface area contributed by atoms with Crippen LogP contribution < -0.4 is 0 Å². The Bertz CT molecular complexity index is 15.5. The third-order valence-electron chi connectivity index (χ3n) is 0. The summed E-state index contributed by atoms with van der Waals surface area (Å²) in [5.74, 6) is 0. The summed E-state index contributed by atoms with van der Waals surface area (Å²) >= 11 is 1.73. The molecule has 0 bridgehead atoms. The molecule has 0 aromatic rings. The van der Waals surface area contributed by atoms with Crippen LogP contribution in [0.15, 0.2) is 0 Å². The second kappa shape index (κ2) is 8.86. The van der Waals surface area contributed by atoms with Crippen LogP contribution in [-0.2, 0) is 16.3 Å². The average Bonchev–Trinajstić information content (AvgIpc) is 0.918. The molecular formula is HCoLiNaO. The van der Waals surface area contributed by atoms with E-state index in [2.05, 4.69) is 0 Å². The third-order valence-corrected chi connectivity index (χ3v) is 0. The molecule has 0 heterocycles. The van der Waals surface area contributed by atoms with Crippen molar-refractivity contribution in [2.75, 3.05) is 0 Å². The standard InChI is InChI=1S/Co.Li.Na.O.H. The molecule has 0 aliphatic heterocycles. The molecule has 0 spiro atoms. The van der Waals surface area contributed by atoms with Gasteiger partial charge in [0.1, 0.15) is 0 Å². The number of hydrogen-bond donors (Lipinski definition) is 0. The fourth-order valence-corrected chi connectivity index (χ4v) is 0. The van der Waals surface area contributed by atoms with Crippen molar-refractivity contribution in [3.8, 4) is 0 Å². The van der Waals surface area contributed by atoms with E-state index in [1.165, 1.54) is 15.8 Å². The molecular weight excluding hydrogens is 105 g/mol. The Morgan fingerprint density at radius 3 is 1.75 bits per heavy atom. The van der Waals surface area contributed by atoms with Crippen molar-refractivity contribution in [2.45, 2.75) is 0 Å². The van der Waals surface area contributed by atoms with Crippen LogP contribution in [0.5, 0.6) is 0 Å². The SMILES string of the molecule is [Li][Co]=[O].[NaH]. The molecule has 0 fully saturated rings. The first kappa shape index (κ1) is 9.32. The van der Waals surface area contributed by atoms with E-state index in [1.807, 2.05) is 0 Å². The van der Waals surface area contributed by atoms with Crippen molar-refractivity contribution in [3.63, 3.8) is 0 Å². The molecule has 0 N–H and O–H groups in total. The van der Waals surface area contributed by atoms with Crippen LogP contribution in [0.25, 0.3) is 0 Å². The molecule has 0 saturated carbocycles. The van der Waals surface area contributed by atoms with E-state index in [4.69, 9.17) is 3.87 Å². The van der Waals surface area contributed by atoms with Crippen LogP contribution in [0.3, 0.4) is 0 Å². The van der Waals surface area contributed by atoms with E-state index in [0.29, 0.717) is 0 Å². The van der Waals surface area contributed by atoms with Crippen molar-refractivity contribution in [3.05, 3.63) is 0 Å². The topological polar surface area (TPSA) is 17.1 Å². The summed E-state index contributed by atoms with van der Waals surface area (Å²) < 4.78 is 8.90. The normalized spacial score (nSPS) is 5.50. The van der Waals surface area contributed by atoms with Crippen LogP contribution >= 0.6 is 0 Å². The van der Waals surface area contributed by atoms with Gasteiger partial charge in [-0.2, -0.15) is 0 Å². The van der Waals surface area contributed by atoms with Crippen LogP contribution in [0.4, 0.5) is 0 Å². The minimum atomic E-state index is 0. The second-order valence-corrected chi connectivity index (χ2v) is 0.561. The Hall–Kier alpha value is 1.90. The van der Waals surface area contributed by atoms with Gasteiger partial charge in [0.25, 0.3) is 0 Å². The minimum absolute atomic E-state index is 0. The van der Waals surface area contributed by atoms with Gasteiger partial charge in [-0.15, -0.1) is 0 Å². The monoisotopic (exact) mass is 106 g/mol. The zero-order valence-electron chi connectivity index (χ0n) is 1.74. The second-order valence-electron chi connectivity index (χ2n) is 0.136. The molecule has 0 aromatic heterocycles. The molecule has 4 heavy (non-hydrogen) atoms. The summed E-state index contributed by atoms with van der Waals surface area (Å²) in [6.45, 7) is 0. The van der Waals surface area contributed by atoms with E-state index in [0.717, 1.165) is 0 Å². The van der Waals surface area contributed by atoms with Crippen LogP contribution in [0.1, 0.15) is 0 Å². The first-order valence-electron chi connectivity index (χ1n) is 0.469. The molecule has 0 rings (SSSR count). The Kier molecular flexibility index (Phi) is 20.6. The third kappa shape index (κ3) is 9.08. The maximum atomic E-state index is 8.90. The molecule has 0 aliphatic carbocycles. The van der Waals surface area contributed by atoms with Gasteiger partial charge in [-0.05, 0) is 0 Å². The molecule has 0 amide bonds. The fourth-order valence-electron chi connectivity index (χ4n) is 0. The van der Waals surface area contributed by atoms with Gasteiger partial charge < -0.3 is 0 Å². The molecule has 0 radical (unpaired) electrons. The van der Waals surface area contributed by atoms with Crippen molar-refractivity contribution in [1.82, 2.24) is 0 Å². The molecule has 0 aromatic carbocycles. The van der Waals surface area contributed by atoms with Crippen molar-refractivity contribution >= 4 is 45.4 Å². The van der Waals surface area contributed by atoms with Gasteiger partial charge >= 0.3 is 61.7 Å². The quantitative estimate of drug-likeness (QED) is 0.356. The van der Waals surface area contributed by atoms with Gasteiger partial charge in [0.2, 0.25) is 0 Å². The average molecular weight is 106 g/mol. The molecule has 1 nitrogen and oxygen atoms in total. The first-order chi connectivity index (χ1) is 1.41. The summed E-state index contributed by atoms with van der Waals surface area (Å²) in [7, 11) is 0. The molecule has 4 heteroatoms. The molecule has 18 valence electrons.